The van der Waals surface area contributed by atoms with Gasteiger partial charge in [-0.15, -0.1) is 0 Å². The molecule has 0 amide bonds. The van der Waals surface area contributed by atoms with E-state index in [9.17, 15) is 18.0 Å². The van der Waals surface area contributed by atoms with Crippen LogP contribution in [0.15, 0.2) is 24.3 Å². The van der Waals surface area contributed by atoms with Crippen LogP contribution in [-0.2, 0) is 11.0 Å². The maximum Gasteiger partial charge on any atom is 0.416 e. The van der Waals surface area contributed by atoms with Gasteiger partial charge in [0.15, 0.2) is 0 Å². The van der Waals surface area contributed by atoms with Gasteiger partial charge in [-0.3, -0.25) is 0 Å². The van der Waals surface area contributed by atoms with Crippen LogP contribution in [0.25, 0.3) is 0 Å². The molecule has 0 bridgehead atoms. The molecule has 0 heterocycles. The van der Waals surface area contributed by atoms with Gasteiger partial charge in [0.25, 0.3) is 0 Å². The second-order valence-electron chi connectivity index (χ2n) is 3.05. The van der Waals surface area contributed by atoms with Crippen LogP contribution in [0.2, 0.25) is 0 Å². The summed E-state index contributed by atoms with van der Waals surface area (Å²) in [5.74, 6) is -0.502. The van der Waals surface area contributed by atoms with E-state index in [-0.39, 0.29) is 0 Å². The second-order valence-corrected chi connectivity index (χ2v) is 3.05. The van der Waals surface area contributed by atoms with Crippen LogP contribution in [0.3, 0.4) is 0 Å². The average molecular weight is 202 g/mol. The van der Waals surface area contributed by atoms with Crippen LogP contribution < -0.4 is 0 Å². The zero-order valence-electron chi connectivity index (χ0n) is 7.51. The summed E-state index contributed by atoms with van der Waals surface area (Å²) in [4.78, 5) is 10.4. The predicted octanol–water partition coefficient (Wildman–Crippen LogP) is 3.01. The summed E-state index contributed by atoms with van der Waals surface area (Å²) in [5, 5.41) is 0. The first-order valence-corrected chi connectivity index (χ1v) is 4.07. The van der Waals surface area contributed by atoms with Crippen molar-refractivity contribution >= 4 is 6.29 Å². The van der Waals surface area contributed by atoms with E-state index in [0.717, 1.165) is 12.1 Å². The molecule has 0 spiro atoms. The number of benzene rings is 1. The number of hydrogen-bond acceptors (Lipinski definition) is 1. The Morgan fingerprint density at radius 3 is 2.50 bits per heavy atom. The molecular weight excluding hydrogens is 193 g/mol. The molecule has 1 aromatic rings. The van der Waals surface area contributed by atoms with E-state index in [4.69, 9.17) is 0 Å². The summed E-state index contributed by atoms with van der Waals surface area (Å²) in [6, 6.07) is 4.80. The van der Waals surface area contributed by atoms with E-state index in [1.54, 1.807) is 6.92 Å². The second kappa shape index (κ2) is 3.82. The lowest BCUT2D eigenvalue weighted by Gasteiger charge is -2.09. The quantitative estimate of drug-likeness (QED) is 0.674. The summed E-state index contributed by atoms with van der Waals surface area (Å²) in [6.07, 6.45) is -3.73. The van der Waals surface area contributed by atoms with Crippen LogP contribution in [0.4, 0.5) is 13.2 Å². The molecule has 1 unspecified atom stereocenters. The van der Waals surface area contributed by atoms with Crippen molar-refractivity contribution in [2.24, 2.45) is 0 Å². The van der Waals surface area contributed by atoms with Gasteiger partial charge in [-0.25, -0.2) is 0 Å². The fourth-order valence-electron chi connectivity index (χ4n) is 1.08. The van der Waals surface area contributed by atoms with Crippen molar-refractivity contribution in [2.45, 2.75) is 19.0 Å². The van der Waals surface area contributed by atoms with Gasteiger partial charge in [0.1, 0.15) is 6.29 Å². The highest BCUT2D eigenvalue weighted by atomic mass is 19.4. The molecule has 0 aliphatic heterocycles. The molecule has 0 fully saturated rings. The van der Waals surface area contributed by atoms with Crippen LogP contribution in [0, 0.1) is 0 Å². The van der Waals surface area contributed by atoms with Gasteiger partial charge in [0.05, 0.1) is 5.56 Å². The van der Waals surface area contributed by atoms with Crippen LogP contribution >= 0.6 is 0 Å². The summed E-state index contributed by atoms with van der Waals surface area (Å²) in [5.41, 5.74) is -0.335. The number of halogens is 3. The van der Waals surface area contributed by atoms with Crippen molar-refractivity contribution in [3.63, 3.8) is 0 Å². The first kappa shape index (κ1) is 10.8. The van der Waals surface area contributed by atoms with Crippen molar-refractivity contribution < 1.29 is 18.0 Å². The minimum atomic E-state index is -4.35. The zero-order valence-corrected chi connectivity index (χ0v) is 7.51. The summed E-state index contributed by atoms with van der Waals surface area (Å²) in [7, 11) is 0. The van der Waals surface area contributed by atoms with Crippen LogP contribution in [0.1, 0.15) is 24.0 Å². The Bertz CT molecular complexity index is 330. The van der Waals surface area contributed by atoms with Gasteiger partial charge >= 0.3 is 6.18 Å². The van der Waals surface area contributed by atoms with Crippen molar-refractivity contribution in [3.8, 4) is 0 Å². The molecule has 76 valence electrons. The number of hydrogen-bond donors (Lipinski definition) is 0. The summed E-state index contributed by atoms with van der Waals surface area (Å²) >= 11 is 0. The van der Waals surface area contributed by atoms with Gasteiger partial charge in [-0.05, 0) is 11.6 Å². The Kier molecular flexibility index (Phi) is 2.93. The third-order valence-corrected chi connectivity index (χ3v) is 1.94. The molecule has 0 saturated carbocycles. The normalized spacial score (nSPS) is 13.7. The number of rotatable bonds is 2. The molecule has 4 heteroatoms. The predicted molar refractivity (Wildman–Crippen MR) is 45.9 cm³/mol. The molecule has 0 N–H and O–H groups in total. The highest BCUT2D eigenvalue weighted by Crippen LogP contribution is 2.30. The molecule has 0 aromatic heterocycles. The fourth-order valence-corrected chi connectivity index (χ4v) is 1.08. The van der Waals surface area contributed by atoms with Crippen LogP contribution in [0.5, 0.6) is 0 Å². The standard InChI is InChI=1S/C10H9F3O/c1-7(6-14)8-3-2-4-9(5-8)10(11,12)13/h2-7H,1H3. The summed E-state index contributed by atoms with van der Waals surface area (Å²) in [6.45, 7) is 1.56. The van der Waals surface area contributed by atoms with Gasteiger partial charge < -0.3 is 4.79 Å². The highest BCUT2D eigenvalue weighted by Gasteiger charge is 2.30. The highest BCUT2D eigenvalue weighted by molar-refractivity contribution is 5.61. The molecule has 1 rings (SSSR count). The van der Waals surface area contributed by atoms with E-state index in [2.05, 4.69) is 0 Å². The molecule has 0 saturated heterocycles. The molecule has 1 aromatic carbocycles. The van der Waals surface area contributed by atoms with E-state index in [1.807, 2.05) is 0 Å². The van der Waals surface area contributed by atoms with E-state index < -0.39 is 17.7 Å². The first-order chi connectivity index (χ1) is 6.45. The molecule has 0 aliphatic rings. The number of carbonyl (C=O) groups excluding carboxylic acids is 1. The maximum atomic E-state index is 12.2. The Morgan fingerprint density at radius 1 is 1.36 bits per heavy atom. The molecule has 1 nitrogen and oxygen atoms in total. The van der Waals surface area contributed by atoms with Crippen molar-refractivity contribution in [3.05, 3.63) is 35.4 Å². The fraction of sp³-hybridized carbons (Fsp3) is 0.300. The van der Waals surface area contributed by atoms with Gasteiger partial charge in [0.2, 0.25) is 0 Å². The van der Waals surface area contributed by atoms with Gasteiger partial charge in [-0.2, -0.15) is 13.2 Å². The van der Waals surface area contributed by atoms with E-state index in [1.165, 1.54) is 12.1 Å². The van der Waals surface area contributed by atoms with Gasteiger partial charge in [0, 0.05) is 5.92 Å². The van der Waals surface area contributed by atoms with E-state index >= 15 is 0 Å². The lowest BCUT2D eigenvalue weighted by molar-refractivity contribution is -0.137. The molecule has 0 aliphatic carbocycles. The molecule has 0 radical (unpaired) electrons. The van der Waals surface area contributed by atoms with E-state index in [0.29, 0.717) is 11.8 Å². The number of alkyl halides is 3. The molecule has 1 atom stereocenters. The average Bonchev–Trinajstić information content (AvgIpc) is 2.15. The van der Waals surface area contributed by atoms with Crippen molar-refractivity contribution in [1.29, 1.82) is 0 Å². The minimum Gasteiger partial charge on any atom is -0.303 e. The zero-order chi connectivity index (χ0) is 10.8. The molecule has 14 heavy (non-hydrogen) atoms. The van der Waals surface area contributed by atoms with Crippen LogP contribution in [-0.4, -0.2) is 6.29 Å². The maximum absolute atomic E-state index is 12.2. The first-order valence-electron chi connectivity index (χ1n) is 4.07. The SMILES string of the molecule is CC(C=O)c1cccc(C(F)(F)F)c1. The largest absolute Gasteiger partial charge is 0.416 e. The van der Waals surface area contributed by atoms with Crippen molar-refractivity contribution in [1.82, 2.24) is 0 Å². The lowest BCUT2D eigenvalue weighted by atomic mass is 10.0. The van der Waals surface area contributed by atoms with Gasteiger partial charge in [-0.1, -0.05) is 25.1 Å². The monoisotopic (exact) mass is 202 g/mol. The number of carbonyl (C=O) groups is 1. The summed E-state index contributed by atoms with van der Waals surface area (Å²) < 4.78 is 36.7. The Morgan fingerprint density at radius 2 is 2.00 bits per heavy atom. The lowest BCUT2D eigenvalue weighted by Crippen LogP contribution is -2.06. The third-order valence-electron chi connectivity index (χ3n) is 1.94. The molecular formula is C10H9F3O. The topological polar surface area (TPSA) is 17.1 Å². The van der Waals surface area contributed by atoms with Crippen molar-refractivity contribution in [2.75, 3.05) is 0 Å². The minimum absolute atomic E-state index is 0.384. The Hall–Kier alpha value is -1.32. The Balaban J connectivity index is 3.07. The number of aldehydes is 1. The smallest absolute Gasteiger partial charge is 0.303 e. The third kappa shape index (κ3) is 2.34. The Labute approximate surface area is 79.5 Å².